The number of carbonyl (C=O) groups is 1. The van der Waals surface area contributed by atoms with E-state index in [-0.39, 0.29) is 5.91 Å². The van der Waals surface area contributed by atoms with Crippen LogP contribution in [0, 0.1) is 0 Å². The lowest BCUT2D eigenvalue weighted by Crippen LogP contribution is -2.47. The molecule has 5 heterocycles. The number of benzene rings is 1. The van der Waals surface area contributed by atoms with Gasteiger partial charge in [0.05, 0.1) is 29.5 Å². The summed E-state index contributed by atoms with van der Waals surface area (Å²) >= 11 is 0. The number of rotatable bonds is 3. The van der Waals surface area contributed by atoms with Gasteiger partial charge in [0.25, 0.3) is 0 Å². The molecule has 6 rings (SSSR count). The van der Waals surface area contributed by atoms with Gasteiger partial charge in [0.15, 0.2) is 0 Å². The van der Waals surface area contributed by atoms with Crippen LogP contribution in [0.4, 0.5) is 5.69 Å². The number of pyridine rings is 3. The quantitative estimate of drug-likeness (QED) is 0.544. The van der Waals surface area contributed by atoms with Gasteiger partial charge in [-0.15, -0.1) is 0 Å². The van der Waals surface area contributed by atoms with Gasteiger partial charge < -0.3 is 10.2 Å². The molecule has 1 aromatic carbocycles. The maximum atomic E-state index is 13.9. The monoisotopic (exact) mass is 421 g/mol. The number of amides is 1. The second-order valence-corrected chi connectivity index (χ2v) is 8.53. The molecule has 32 heavy (non-hydrogen) atoms. The van der Waals surface area contributed by atoms with Crippen LogP contribution in [0.25, 0.3) is 21.9 Å². The Kier molecular flexibility index (Phi) is 4.47. The highest BCUT2D eigenvalue weighted by Crippen LogP contribution is 2.47. The lowest BCUT2D eigenvalue weighted by atomic mass is 9.74. The minimum absolute atomic E-state index is 0.161. The summed E-state index contributed by atoms with van der Waals surface area (Å²) in [5, 5.41) is 5.58. The van der Waals surface area contributed by atoms with Crippen LogP contribution in [0.15, 0.2) is 73.4 Å². The number of piperidine rings is 1. The predicted molar refractivity (Wildman–Crippen MR) is 124 cm³/mol. The molecule has 0 unspecified atom stereocenters. The number of hydrogen-bond donors (Lipinski definition) is 1. The lowest BCUT2D eigenvalue weighted by molar-refractivity contribution is -0.124. The summed E-state index contributed by atoms with van der Waals surface area (Å²) in [6, 6.07) is 14.2. The summed E-state index contributed by atoms with van der Waals surface area (Å²) in [5.41, 5.74) is 4.44. The third kappa shape index (κ3) is 2.83. The molecule has 1 fully saturated rings. The second-order valence-electron chi connectivity index (χ2n) is 8.53. The summed E-state index contributed by atoms with van der Waals surface area (Å²) in [6.45, 7) is 2.09. The Morgan fingerprint density at radius 1 is 0.938 bits per heavy atom. The Labute approximate surface area is 186 Å². The van der Waals surface area contributed by atoms with Crippen molar-refractivity contribution in [2.75, 3.05) is 18.0 Å². The van der Waals surface area contributed by atoms with Crippen molar-refractivity contribution in [1.29, 1.82) is 0 Å². The molecule has 0 saturated carbocycles. The first-order chi connectivity index (χ1) is 15.8. The van der Waals surface area contributed by atoms with E-state index < -0.39 is 5.41 Å². The van der Waals surface area contributed by atoms with Gasteiger partial charge in [-0.25, -0.2) is 0 Å². The van der Waals surface area contributed by atoms with E-state index in [1.165, 1.54) is 0 Å². The first-order valence-corrected chi connectivity index (χ1v) is 11.0. The van der Waals surface area contributed by atoms with Gasteiger partial charge in [0, 0.05) is 41.3 Å². The average molecular weight is 422 g/mol. The summed E-state index contributed by atoms with van der Waals surface area (Å²) in [6.07, 6.45) is 10.8. The molecule has 1 N–H and O–H groups in total. The first kappa shape index (κ1) is 19.1. The molecule has 6 nitrogen and oxygen atoms in total. The van der Waals surface area contributed by atoms with Crippen molar-refractivity contribution in [3.8, 4) is 11.1 Å². The fourth-order valence-electron chi connectivity index (χ4n) is 5.29. The lowest BCUT2D eigenvalue weighted by Gasteiger charge is -2.33. The molecular formula is C26H23N5O. The Bertz CT molecular complexity index is 1310. The van der Waals surface area contributed by atoms with Crippen LogP contribution >= 0.6 is 0 Å². The van der Waals surface area contributed by atoms with Gasteiger partial charge in [0.2, 0.25) is 5.91 Å². The van der Waals surface area contributed by atoms with E-state index in [4.69, 9.17) is 4.98 Å². The predicted octanol–water partition coefficient (Wildman–Crippen LogP) is 3.86. The largest absolute Gasteiger partial charge is 0.317 e. The normalized spacial score (nSPS) is 17.1. The van der Waals surface area contributed by atoms with Crippen LogP contribution < -0.4 is 10.2 Å². The number of carbonyl (C=O) groups excluding carboxylic acids is 1. The zero-order chi connectivity index (χ0) is 21.5. The number of fused-ring (bicyclic) bond motifs is 3. The van der Waals surface area contributed by atoms with E-state index in [2.05, 4.69) is 33.5 Å². The zero-order valence-corrected chi connectivity index (χ0v) is 17.7. The SMILES string of the molecule is O=C1N(Cc2ncc3ccccc3c2-c2cccnc2)c2cnccc2C12CCNCC2. The molecule has 3 aromatic heterocycles. The highest BCUT2D eigenvalue weighted by molar-refractivity contribution is 6.08. The minimum atomic E-state index is -0.463. The molecule has 1 saturated heterocycles. The molecule has 0 radical (unpaired) electrons. The standard InChI is InChI=1S/C26H23N5O/c32-25-26(8-12-27-13-9-26)21-7-11-29-16-23(21)31(25)17-22-24(19-5-3-10-28-14-19)20-6-2-1-4-18(20)15-30-22/h1-7,10-11,14-16,27H,8-9,12-13,17H2. The van der Waals surface area contributed by atoms with Gasteiger partial charge in [-0.2, -0.15) is 0 Å². The zero-order valence-electron chi connectivity index (χ0n) is 17.7. The van der Waals surface area contributed by atoms with E-state index >= 15 is 0 Å². The molecule has 1 spiro atoms. The van der Waals surface area contributed by atoms with Crippen molar-refractivity contribution >= 4 is 22.4 Å². The fraction of sp³-hybridized carbons (Fsp3) is 0.231. The summed E-state index contributed by atoms with van der Waals surface area (Å²) in [5.74, 6) is 0.161. The maximum Gasteiger partial charge on any atom is 0.238 e. The molecule has 6 heteroatoms. The molecule has 0 aliphatic carbocycles. The number of aromatic nitrogens is 3. The average Bonchev–Trinajstić information content (AvgIpc) is 3.07. The van der Waals surface area contributed by atoms with Gasteiger partial charge >= 0.3 is 0 Å². The van der Waals surface area contributed by atoms with Crippen LogP contribution in [0.3, 0.4) is 0 Å². The van der Waals surface area contributed by atoms with E-state index in [0.29, 0.717) is 6.54 Å². The summed E-state index contributed by atoms with van der Waals surface area (Å²) < 4.78 is 0. The number of anilines is 1. The van der Waals surface area contributed by atoms with Crippen LogP contribution in [0.5, 0.6) is 0 Å². The van der Waals surface area contributed by atoms with Crippen LogP contribution in [0.1, 0.15) is 24.1 Å². The third-order valence-corrected chi connectivity index (χ3v) is 6.85. The number of nitrogens with zero attached hydrogens (tertiary/aromatic N) is 4. The summed E-state index contributed by atoms with van der Waals surface area (Å²) in [4.78, 5) is 29.3. The fourth-order valence-corrected chi connectivity index (χ4v) is 5.29. The van der Waals surface area contributed by atoms with Gasteiger partial charge in [0.1, 0.15) is 0 Å². The van der Waals surface area contributed by atoms with Crippen LogP contribution in [0.2, 0.25) is 0 Å². The molecule has 4 aromatic rings. The molecule has 0 bridgehead atoms. The van der Waals surface area contributed by atoms with E-state index in [1.54, 1.807) is 12.4 Å². The molecule has 2 aliphatic heterocycles. The van der Waals surface area contributed by atoms with E-state index in [1.807, 2.05) is 47.8 Å². The topological polar surface area (TPSA) is 71.0 Å². The first-order valence-electron chi connectivity index (χ1n) is 11.0. The number of hydrogen-bond acceptors (Lipinski definition) is 5. The number of nitrogens with one attached hydrogen (secondary N) is 1. The Morgan fingerprint density at radius 3 is 2.62 bits per heavy atom. The van der Waals surface area contributed by atoms with Gasteiger partial charge in [-0.1, -0.05) is 30.3 Å². The Morgan fingerprint density at radius 2 is 1.78 bits per heavy atom. The molecule has 2 aliphatic rings. The van der Waals surface area contributed by atoms with Gasteiger partial charge in [-0.05, 0) is 49.0 Å². The highest BCUT2D eigenvalue weighted by Gasteiger charge is 2.51. The van der Waals surface area contributed by atoms with Crippen molar-refractivity contribution < 1.29 is 4.79 Å². The van der Waals surface area contributed by atoms with E-state index in [0.717, 1.165) is 64.8 Å². The third-order valence-electron chi connectivity index (χ3n) is 6.85. The molecule has 158 valence electrons. The van der Waals surface area contributed by atoms with Crippen molar-refractivity contribution in [1.82, 2.24) is 20.3 Å². The van der Waals surface area contributed by atoms with E-state index in [9.17, 15) is 4.79 Å². The minimum Gasteiger partial charge on any atom is -0.317 e. The smallest absolute Gasteiger partial charge is 0.238 e. The molecular weight excluding hydrogens is 398 g/mol. The van der Waals surface area contributed by atoms with Crippen molar-refractivity contribution in [2.45, 2.75) is 24.8 Å². The van der Waals surface area contributed by atoms with Crippen molar-refractivity contribution in [3.63, 3.8) is 0 Å². The molecule has 1 amide bonds. The maximum absolute atomic E-state index is 13.9. The van der Waals surface area contributed by atoms with Crippen LogP contribution in [-0.2, 0) is 16.8 Å². The molecule has 0 atom stereocenters. The van der Waals surface area contributed by atoms with Crippen molar-refractivity contribution in [3.05, 3.63) is 84.7 Å². The second kappa shape index (κ2) is 7.50. The Balaban J connectivity index is 1.50. The van der Waals surface area contributed by atoms with Gasteiger partial charge in [-0.3, -0.25) is 19.7 Å². The van der Waals surface area contributed by atoms with Crippen molar-refractivity contribution in [2.24, 2.45) is 0 Å². The van der Waals surface area contributed by atoms with Crippen LogP contribution in [-0.4, -0.2) is 33.9 Å². The highest BCUT2D eigenvalue weighted by atomic mass is 16.2. The summed E-state index contributed by atoms with van der Waals surface area (Å²) in [7, 11) is 0. The Hall–Kier alpha value is -3.64.